The summed E-state index contributed by atoms with van der Waals surface area (Å²) in [6, 6.07) is 1.82. The third-order valence-corrected chi connectivity index (χ3v) is 2.34. The zero-order valence-corrected chi connectivity index (χ0v) is 9.65. The number of imidazole rings is 1. The van der Waals surface area contributed by atoms with Crippen LogP contribution in [-0.4, -0.2) is 19.9 Å². The fourth-order valence-corrected chi connectivity index (χ4v) is 1.63. The topological polar surface area (TPSA) is 80.5 Å². The zero-order chi connectivity index (χ0) is 11.7. The Kier molecular flexibility index (Phi) is 2.60. The highest BCUT2D eigenvalue weighted by Crippen LogP contribution is 2.25. The Hall–Kier alpha value is -1.91. The lowest BCUT2D eigenvalue weighted by atomic mass is 10.1. The van der Waals surface area contributed by atoms with E-state index in [1.54, 1.807) is 6.20 Å². The highest BCUT2D eigenvalue weighted by molar-refractivity contribution is 5.59. The molecule has 2 aromatic heterocycles. The van der Waals surface area contributed by atoms with Gasteiger partial charge < -0.3 is 10.7 Å². The minimum atomic E-state index is 0.271. The molecule has 0 radical (unpaired) electrons. The molecule has 0 amide bonds. The Morgan fingerprint density at radius 2 is 2.06 bits per heavy atom. The number of anilines is 1. The van der Waals surface area contributed by atoms with Gasteiger partial charge in [0.1, 0.15) is 11.5 Å². The van der Waals surface area contributed by atoms with E-state index in [1.807, 2.05) is 13.0 Å². The molecule has 0 aliphatic rings. The van der Waals surface area contributed by atoms with Gasteiger partial charge in [0, 0.05) is 11.9 Å². The smallest absolute Gasteiger partial charge is 0.220 e. The summed E-state index contributed by atoms with van der Waals surface area (Å²) in [4.78, 5) is 15.8. The molecule has 5 nitrogen and oxygen atoms in total. The van der Waals surface area contributed by atoms with E-state index in [4.69, 9.17) is 5.73 Å². The number of hydrogen-bond donors (Lipinski definition) is 2. The van der Waals surface area contributed by atoms with Crippen molar-refractivity contribution in [3.8, 4) is 11.4 Å². The van der Waals surface area contributed by atoms with Gasteiger partial charge in [-0.05, 0) is 18.9 Å². The minimum Gasteiger partial charge on any atom is -0.368 e. The van der Waals surface area contributed by atoms with Gasteiger partial charge in [-0.3, -0.25) is 0 Å². The minimum absolute atomic E-state index is 0.271. The number of rotatable bonds is 2. The summed E-state index contributed by atoms with van der Waals surface area (Å²) in [5.74, 6) is 1.52. The molecule has 2 heterocycles. The van der Waals surface area contributed by atoms with E-state index in [0.29, 0.717) is 5.92 Å². The van der Waals surface area contributed by atoms with E-state index in [-0.39, 0.29) is 5.95 Å². The van der Waals surface area contributed by atoms with Crippen molar-refractivity contribution in [2.75, 3.05) is 5.73 Å². The number of H-pyrrole nitrogens is 1. The molecule has 84 valence electrons. The average molecular weight is 217 g/mol. The standard InChI is InChI=1S/C11H15N5/c1-6(2)9-10(15-7(3)14-9)8-4-5-13-11(12)16-8/h4-6H,1-3H3,(H,14,15)(H2,12,13,16). The van der Waals surface area contributed by atoms with Gasteiger partial charge >= 0.3 is 0 Å². The van der Waals surface area contributed by atoms with Crippen LogP contribution in [0, 0.1) is 6.92 Å². The number of aryl methyl sites for hydroxylation is 1. The first-order chi connectivity index (χ1) is 7.58. The second kappa shape index (κ2) is 3.92. The van der Waals surface area contributed by atoms with E-state index in [1.165, 1.54) is 0 Å². The first kappa shape index (κ1) is 10.6. The maximum atomic E-state index is 5.57. The number of nitrogens with zero attached hydrogens (tertiary/aromatic N) is 3. The number of nitrogens with one attached hydrogen (secondary N) is 1. The molecule has 0 bridgehead atoms. The van der Waals surface area contributed by atoms with Crippen LogP contribution in [-0.2, 0) is 0 Å². The van der Waals surface area contributed by atoms with E-state index in [0.717, 1.165) is 22.9 Å². The number of nitrogen functional groups attached to an aromatic ring is 1. The molecule has 5 heteroatoms. The molecule has 0 fully saturated rings. The van der Waals surface area contributed by atoms with Crippen LogP contribution in [0.15, 0.2) is 12.3 Å². The van der Waals surface area contributed by atoms with Crippen molar-refractivity contribution in [1.29, 1.82) is 0 Å². The third kappa shape index (κ3) is 1.88. The zero-order valence-electron chi connectivity index (χ0n) is 9.65. The van der Waals surface area contributed by atoms with Gasteiger partial charge in [-0.25, -0.2) is 15.0 Å². The van der Waals surface area contributed by atoms with Crippen molar-refractivity contribution in [2.45, 2.75) is 26.7 Å². The lowest BCUT2D eigenvalue weighted by Gasteiger charge is -2.05. The normalized spacial score (nSPS) is 11.0. The summed E-state index contributed by atoms with van der Waals surface area (Å²) < 4.78 is 0. The maximum absolute atomic E-state index is 5.57. The molecule has 0 atom stereocenters. The van der Waals surface area contributed by atoms with Crippen LogP contribution in [0.3, 0.4) is 0 Å². The molecule has 3 N–H and O–H groups in total. The molecule has 0 aromatic carbocycles. The summed E-state index contributed by atoms with van der Waals surface area (Å²) >= 11 is 0. The van der Waals surface area contributed by atoms with Crippen LogP contribution < -0.4 is 5.73 Å². The van der Waals surface area contributed by atoms with Crippen LogP contribution in [0.1, 0.15) is 31.3 Å². The summed E-state index contributed by atoms with van der Waals surface area (Å²) in [7, 11) is 0. The van der Waals surface area contributed by atoms with Gasteiger partial charge in [0.05, 0.1) is 5.69 Å². The molecule has 2 aromatic rings. The van der Waals surface area contributed by atoms with E-state index >= 15 is 0 Å². The second-order valence-electron chi connectivity index (χ2n) is 4.04. The van der Waals surface area contributed by atoms with Crippen molar-refractivity contribution in [3.63, 3.8) is 0 Å². The predicted octanol–water partition coefficient (Wildman–Crippen LogP) is 1.88. The predicted molar refractivity (Wildman–Crippen MR) is 62.9 cm³/mol. The first-order valence-corrected chi connectivity index (χ1v) is 5.23. The van der Waals surface area contributed by atoms with Crippen molar-refractivity contribution >= 4 is 5.95 Å². The quantitative estimate of drug-likeness (QED) is 0.804. The van der Waals surface area contributed by atoms with Crippen LogP contribution in [0.5, 0.6) is 0 Å². The third-order valence-electron chi connectivity index (χ3n) is 2.34. The van der Waals surface area contributed by atoms with Crippen molar-refractivity contribution in [3.05, 3.63) is 23.8 Å². The van der Waals surface area contributed by atoms with Gasteiger partial charge in [0.2, 0.25) is 5.95 Å². The second-order valence-corrected chi connectivity index (χ2v) is 4.04. The summed E-state index contributed by atoms with van der Waals surface area (Å²) in [5.41, 5.74) is 8.27. The Morgan fingerprint density at radius 1 is 1.31 bits per heavy atom. The fourth-order valence-electron chi connectivity index (χ4n) is 1.63. The number of nitrogens with two attached hydrogens (primary N) is 1. The number of hydrogen-bond acceptors (Lipinski definition) is 4. The molecular weight excluding hydrogens is 202 g/mol. The van der Waals surface area contributed by atoms with Crippen molar-refractivity contribution < 1.29 is 0 Å². The van der Waals surface area contributed by atoms with Crippen LogP contribution >= 0.6 is 0 Å². The van der Waals surface area contributed by atoms with E-state index < -0.39 is 0 Å². The average Bonchev–Trinajstić information content (AvgIpc) is 2.60. The number of aromatic amines is 1. The number of aromatic nitrogens is 4. The fraction of sp³-hybridized carbons (Fsp3) is 0.364. The Morgan fingerprint density at radius 3 is 2.69 bits per heavy atom. The SMILES string of the molecule is Cc1nc(-c2ccnc(N)n2)c(C(C)C)[nH]1. The lowest BCUT2D eigenvalue weighted by molar-refractivity contribution is 0.830. The molecule has 2 rings (SSSR count). The highest BCUT2D eigenvalue weighted by atomic mass is 15.0. The van der Waals surface area contributed by atoms with Crippen LogP contribution in [0.2, 0.25) is 0 Å². The van der Waals surface area contributed by atoms with Crippen LogP contribution in [0.25, 0.3) is 11.4 Å². The summed E-state index contributed by atoms with van der Waals surface area (Å²) in [5, 5.41) is 0. The summed E-state index contributed by atoms with van der Waals surface area (Å²) in [6.07, 6.45) is 1.64. The molecule has 0 unspecified atom stereocenters. The van der Waals surface area contributed by atoms with Crippen LogP contribution in [0.4, 0.5) is 5.95 Å². The Labute approximate surface area is 94.2 Å². The van der Waals surface area contributed by atoms with Gasteiger partial charge in [0.15, 0.2) is 0 Å². The molecular formula is C11H15N5. The largest absolute Gasteiger partial charge is 0.368 e. The van der Waals surface area contributed by atoms with Crippen molar-refractivity contribution in [2.24, 2.45) is 0 Å². The highest BCUT2D eigenvalue weighted by Gasteiger charge is 2.14. The monoisotopic (exact) mass is 217 g/mol. The summed E-state index contributed by atoms with van der Waals surface area (Å²) in [6.45, 7) is 6.15. The molecule has 0 spiro atoms. The maximum Gasteiger partial charge on any atom is 0.220 e. The lowest BCUT2D eigenvalue weighted by Crippen LogP contribution is -1.98. The van der Waals surface area contributed by atoms with E-state index in [9.17, 15) is 0 Å². The Balaban J connectivity index is 2.55. The van der Waals surface area contributed by atoms with Gasteiger partial charge in [-0.2, -0.15) is 0 Å². The van der Waals surface area contributed by atoms with E-state index in [2.05, 4.69) is 33.8 Å². The molecule has 0 aliphatic heterocycles. The first-order valence-electron chi connectivity index (χ1n) is 5.23. The Bertz CT molecular complexity index is 501. The van der Waals surface area contributed by atoms with Gasteiger partial charge in [-0.15, -0.1) is 0 Å². The molecule has 0 aliphatic carbocycles. The molecule has 16 heavy (non-hydrogen) atoms. The molecule has 0 saturated heterocycles. The van der Waals surface area contributed by atoms with Gasteiger partial charge in [-0.1, -0.05) is 13.8 Å². The molecule has 0 saturated carbocycles. The van der Waals surface area contributed by atoms with Gasteiger partial charge in [0.25, 0.3) is 0 Å². The van der Waals surface area contributed by atoms with Crippen molar-refractivity contribution in [1.82, 2.24) is 19.9 Å².